The maximum Gasteiger partial charge on any atom is 0.416 e. The molecule has 2 aromatic rings. The topological polar surface area (TPSA) is 35.2 Å². The zero-order valence-electron chi connectivity index (χ0n) is 11.2. The average molecular weight is 299 g/mol. The van der Waals surface area contributed by atoms with E-state index in [1.54, 1.807) is 6.92 Å². The molecule has 0 aliphatic heterocycles. The molecule has 0 saturated heterocycles. The van der Waals surface area contributed by atoms with Gasteiger partial charge in [-0.3, -0.25) is 0 Å². The van der Waals surface area contributed by atoms with Crippen molar-refractivity contribution in [3.05, 3.63) is 58.9 Å². The summed E-state index contributed by atoms with van der Waals surface area (Å²) in [5.41, 5.74) is 4.81. The van der Waals surface area contributed by atoms with Crippen LogP contribution in [0.5, 0.6) is 11.5 Å². The Kier molecular flexibility index (Phi) is 4.18. The molecule has 2 rings (SSSR count). The van der Waals surface area contributed by atoms with Crippen LogP contribution in [0.15, 0.2) is 36.4 Å². The molecule has 0 fully saturated rings. The van der Waals surface area contributed by atoms with Crippen LogP contribution < -0.4 is 10.5 Å². The second kappa shape index (κ2) is 5.73. The highest BCUT2D eigenvalue weighted by Gasteiger charge is 2.33. The average Bonchev–Trinajstić information content (AvgIpc) is 2.42. The molecule has 0 radical (unpaired) electrons. The van der Waals surface area contributed by atoms with Crippen LogP contribution in [0.1, 0.15) is 16.7 Å². The Bertz CT molecular complexity index is 653. The third-order valence-electron chi connectivity index (χ3n) is 2.97. The quantitative estimate of drug-likeness (QED) is 0.852. The highest BCUT2D eigenvalue weighted by atomic mass is 19.4. The number of hydrogen-bond donors (Lipinski definition) is 1. The predicted octanol–water partition coefficient (Wildman–Crippen LogP) is 4.40. The van der Waals surface area contributed by atoms with Gasteiger partial charge in [0.1, 0.15) is 17.3 Å². The molecular weight excluding hydrogens is 286 g/mol. The van der Waals surface area contributed by atoms with Gasteiger partial charge in [0.05, 0.1) is 5.56 Å². The van der Waals surface area contributed by atoms with E-state index in [-0.39, 0.29) is 23.6 Å². The fraction of sp³-hybridized carbons (Fsp3) is 0.200. The fourth-order valence-corrected chi connectivity index (χ4v) is 1.88. The van der Waals surface area contributed by atoms with Crippen molar-refractivity contribution in [1.29, 1.82) is 0 Å². The molecule has 0 amide bonds. The first-order valence-corrected chi connectivity index (χ1v) is 6.15. The molecule has 0 spiro atoms. The zero-order valence-corrected chi connectivity index (χ0v) is 11.2. The van der Waals surface area contributed by atoms with Crippen LogP contribution >= 0.6 is 0 Å². The van der Waals surface area contributed by atoms with E-state index in [1.807, 2.05) is 0 Å². The number of alkyl halides is 3. The van der Waals surface area contributed by atoms with E-state index >= 15 is 0 Å². The maximum atomic E-state index is 13.1. The van der Waals surface area contributed by atoms with Gasteiger partial charge in [-0.25, -0.2) is 4.39 Å². The van der Waals surface area contributed by atoms with E-state index in [4.69, 9.17) is 10.5 Å². The van der Waals surface area contributed by atoms with Crippen molar-refractivity contribution in [2.75, 3.05) is 0 Å². The summed E-state index contributed by atoms with van der Waals surface area (Å²) < 4.78 is 57.2. The van der Waals surface area contributed by atoms with E-state index in [0.717, 1.165) is 6.07 Å². The molecule has 6 heteroatoms. The summed E-state index contributed by atoms with van der Waals surface area (Å²) in [6, 6.07) is 7.53. The van der Waals surface area contributed by atoms with Gasteiger partial charge in [-0.2, -0.15) is 13.2 Å². The number of halogens is 4. The first kappa shape index (κ1) is 15.3. The summed E-state index contributed by atoms with van der Waals surface area (Å²) >= 11 is 0. The van der Waals surface area contributed by atoms with E-state index < -0.39 is 17.6 Å². The van der Waals surface area contributed by atoms with Crippen molar-refractivity contribution < 1.29 is 22.3 Å². The number of ether oxygens (including phenoxy) is 1. The molecule has 0 aliphatic rings. The van der Waals surface area contributed by atoms with Crippen molar-refractivity contribution in [3.8, 4) is 11.5 Å². The third kappa shape index (κ3) is 3.52. The van der Waals surface area contributed by atoms with Crippen LogP contribution in [-0.2, 0) is 12.7 Å². The predicted molar refractivity (Wildman–Crippen MR) is 70.5 cm³/mol. The molecule has 0 bridgehead atoms. The Morgan fingerprint density at radius 1 is 1.05 bits per heavy atom. The highest BCUT2D eigenvalue weighted by Crippen LogP contribution is 2.35. The van der Waals surface area contributed by atoms with Crippen LogP contribution in [0.4, 0.5) is 17.6 Å². The Labute approximate surface area is 119 Å². The van der Waals surface area contributed by atoms with Crippen LogP contribution in [0.2, 0.25) is 0 Å². The van der Waals surface area contributed by atoms with Crippen molar-refractivity contribution in [2.24, 2.45) is 5.73 Å². The lowest BCUT2D eigenvalue weighted by atomic mass is 10.1. The lowest BCUT2D eigenvalue weighted by Gasteiger charge is -2.14. The van der Waals surface area contributed by atoms with E-state index in [0.29, 0.717) is 5.56 Å². The summed E-state index contributed by atoms with van der Waals surface area (Å²) in [5.74, 6) is -0.120. The Morgan fingerprint density at radius 3 is 2.24 bits per heavy atom. The minimum absolute atomic E-state index is 0.00913. The first-order valence-electron chi connectivity index (χ1n) is 6.15. The van der Waals surface area contributed by atoms with Gasteiger partial charge in [0.15, 0.2) is 0 Å². The number of hydrogen-bond acceptors (Lipinski definition) is 2. The van der Waals surface area contributed by atoms with Crippen LogP contribution in [0, 0.1) is 12.7 Å². The van der Waals surface area contributed by atoms with Crippen molar-refractivity contribution in [2.45, 2.75) is 19.6 Å². The number of aryl methyl sites for hydroxylation is 1. The highest BCUT2D eigenvalue weighted by molar-refractivity contribution is 5.40. The van der Waals surface area contributed by atoms with Crippen LogP contribution in [0.3, 0.4) is 0 Å². The van der Waals surface area contributed by atoms with Gasteiger partial charge in [0.2, 0.25) is 0 Å². The smallest absolute Gasteiger partial charge is 0.416 e. The first-order chi connectivity index (χ1) is 9.81. The molecular formula is C15H13F4NO. The fourth-order valence-electron chi connectivity index (χ4n) is 1.88. The van der Waals surface area contributed by atoms with Crippen molar-refractivity contribution in [1.82, 2.24) is 0 Å². The van der Waals surface area contributed by atoms with E-state index in [1.165, 1.54) is 30.3 Å². The van der Waals surface area contributed by atoms with E-state index in [9.17, 15) is 17.6 Å². The largest absolute Gasteiger partial charge is 0.457 e. The molecule has 0 atom stereocenters. The maximum absolute atomic E-state index is 13.1. The molecule has 2 aromatic carbocycles. The summed E-state index contributed by atoms with van der Waals surface area (Å²) in [4.78, 5) is 0. The number of benzene rings is 2. The third-order valence-corrected chi connectivity index (χ3v) is 2.97. The molecule has 0 saturated carbocycles. The second-order valence-corrected chi connectivity index (χ2v) is 4.53. The lowest BCUT2D eigenvalue weighted by Crippen LogP contribution is -2.12. The Hall–Kier alpha value is -2.08. The van der Waals surface area contributed by atoms with Crippen molar-refractivity contribution >= 4 is 0 Å². The van der Waals surface area contributed by atoms with Gasteiger partial charge >= 0.3 is 6.18 Å². The molecule has 21 heavy (non-hydrogen) atoms. The van der Waals surface area contributed by atoms with Gasteiger partial charge in [-0.1, -0.05) is 6.07 Å². The molecule has 0 heterocycles. The minimum Gasteiger partial charge on any atom is -0.457 e. The standard InChI is InChI=1S/C15H13F4NO/c1-9-6-11(4-5-14(9)16)21-12-3-2-10(8-20)13(7-12)15(17,18)19/h2-7H,8,20H2,1H3. The van der Waals surface area contributed by atoms with Gasteiger partial charge in [0, 0.05) is 6.54 Å². The van der Waals surface area contributed by atoms with Crippen LogP contribution in [0.25, 0.3) is 0 Å². The molecule has 0 aliphatic carbocycles. The number of rotatable bonds is 3. The summed E-state index contributed by atoms with van der Waals surface area (Å²) in [6.07, 6.45) is -4.51. The zero-order chi connectivity index (χ0) is 15.6. The lowest BCUT2D eigenvalue weighted by molar-refractivity contribution is -0.138. The normalized spacial score (nSPS) is 11.5. The van der Waals surface area contributed by atoms with E-state index in [2.05, 4.69) is 0 Å². The molecule has 112 valence electrons. The monoisotopic (exact) mass is 299 g/mol. The second-order valence-electron chi connectivity index (χ2n) is 4.53. The molecule has 0 aromatic heterocycles. The van der Waals surface area contributed by atoms with Gasteiger partial charge < -0.3 is 10.5 Å². The minimum atomic E-state index is -4.51. The van der Waals surface area contributed by atoms with Gasteiger partial charge in [-0.15, -0.1) is 0 Å². The van der Waals surface area contributed by atoms with Crippen LogP contribution in [-0.4, -0.2) is 0 Å². The Morgan fingerprint density at radius 2 is 1.67 bits per heavy atom. The van der Waals surface area contributed by atoms with Gasteiger partial charge in [0.25, 0.3) is 0 Å². The molecule has 0 unspecified atom stereocenters. The molecule has 2 nitrogen and oxygen atoms in total. The summed E-state index contributed by atoms with van der Waals surface area (Å²) in [5, 5.41) is 0. The summed E-state index contributed by atoms with van der Waals surface area (Å²) in [7, 11) is 0. The summed E-state index contributed by atoms with van der Waals surface area (Å²) in [6.45, 7) is 1.33. The Balaban J connectivity index is 2.34. The number of nitrogens with two attached hydrogens (primary N) is 1. The SMILES string of the molecule is Cc1cc(Oc2ccc(CN)c(C(F)(F)F)c2)ccc1F. The van der Waals surface area contributed by atoms with Crippen molar-refractivity contribution in [3.63, 3.8) is 0 Å². The van der Waals surface area contributed by atoms with Gasteiger partial charge in [-0.05, 0) is 48.4 Å². The molecule has 2 N–H and O–H groups in total.